The van der Waals surface area contributed by atoms with Crippen molar-refractivity contribution in [2.24, 2.45) is 9.98 Å². The van der Waals surface area contributed by atoms with Crippen molar-refractivity contribution >= 4 is 17.4 Å². The maximum Gasteiger partial charge on any atom is 0.155 e. The summed E-state index contributed by atoms with van der Waals surface area (Å²) in [6.07, 6.45) is 0. The molecule has 15 heavy (non-hydrogen) atoms. The first-order valence-electron chi connectivity index (χ1n) is 4.94. The first-order chi connectivity index (χ1) is 7.19. The van der Waals surface area contributed by atoms with Gasteiger partial charge >= 0.3 is 0 Å². The molecule has 0 spiro atoms. The Hall–Kier alpha value is -1.71. The lowest BCUT2D eigenvalue weighted by Crippen LogP contribution is -2.00. The number of aryl methyl sites for hydroxylation is 1. The average molecular weight is 202 g/mol. The van der Waals surface area contributed by atoms with Gasteiger partial charge in [-0.15, -0.1) is 0 Å². The van der Waals surface area contributed by atoms with E-state index >= 15 is 0 Å². The van der Waals surface area contributed by atoms with Gasteiger partial charge in [0, 0.05) is 24.0 Å². The van der Waals surface area contributed by atoms with Gasteiger partial charge in [-0.1, -0.05) is 0 Å². The lowest BCUT2D eigenvalue weighted by atomic mass is 10.2. The van der Waals surface area contributed by atoms with E-state index in [0.29, 0.717) is 6.54 Å². The molecular weight excluding hydrogens is 188 g/mol. The first kappa shape index (κ1) is 9.83. The van der Waals surface area contributed by atoms with Crippen molar-refractivity contribution in [1.29, 1.82) is 0 Å². The standard InChI is InChI=1S/C11H14N4/c1-7-4-9(5-10(12-3)14-7)11-13-6-8(2)15-11/h4-5H,6H2,1-3H3,(H,12,14). The molecule has 0 saturated heterocycles. The molecule has 0 unspecified atom stereocenters. The zero-order chi connectivity index (χ0) is 10.8. The van der Waals surface area contributed by atoms with Gasteiger partial charge in [-0.25, -0.2) is 9.98 Å². The maximum atomic E-state index is 4.39. The molecule has 0 amide bonds. The molecule has 0 aliphatic carbocycles. The fourth-order valence-electron chi connectivity index (χ4n) is 1.52. The van der Waals surface area contributed by atoms with E-state index in [2.05, 4.69) is 20.3 Å². The zero-order valence-electron chi connectivity index (χ0n) is 9.20. The van der Waals surface area contributed by atoms with E-state index < -0.39 is 0 Å². The third-order valence-electron chi connectivity index (χ3n) is 2.22. The van der Waals surface area contributed by atoms with Gasteiger partial charge < -0.3 is 5.32 Å². The van der Waals surface area contributed by atoms with E-state index in [-0.39, 0.29) is 0 Å². The predicted molar refractivity (Wildman–Crippen MR) is 63.0 cm³/mol. The van der Waals surface area contributed by atoms with Crippen LogP contribution >= 0.6 is 0 Å². The normalized spacial score (nSPS) is 14.9. The summed E-state index contributed by atoms with van der Waals surface area (Å²) < 4.78 is 0. The second-order valence-corrected chi connectivity index (χ2v) is 3.62. The summed E-state index contributed by atoms with van der Waals surface area (Å²) in [4.78, 5) is 13.1. The molecule has 4 nitrogen and oxygen atoms in total. The van der Waals surface area contributed by atoms with Gasteiger partial charge in [-0.2, -0.15) is 0 Å². The summed E-state index contributed by atoms with van der Waals surface area (Å²) in [6, 6.07) is 3.97. The van der Waals surface area contributed by atoms with Gasteiger partial charge in [0.2, 0.25) is 0 Å². The minimum absolute atomic E-state index is 0.714. The number of aliphatic imine (C=N–C) groups is 2. The highest BCUT2D eigenvalue weighted by molar-refractivity contribution is 6.11. The summed E-state index contributed by atoms with van der Waals surface area (Å²) in [5.74, 6) is 1.67. The molecule has 0 atom stereocenters. The molecule has 78 valence electrons. The molecule has 0 radical (unpaired) electrons. The number of hydrogen-bond donors (Lipinski definition) is 1. The molecule has 2 heterocycles. The summed E-state index contributed by atoms with van der Waals surface area (Å²) in [5.41, 5.74) is 3.06. The zero-order valence-corrected chi connectivity index (χ0v) is 9.20. The van der Waals surface area contributed by atoms with Crippen LogP contribution in [0, 0.1) is 6.92 Å². The summed E-state index contributed by atoms with van der Waals surface area (Å²) in [5, 5.41) is 3.03. The van der Waals surface area contributed by atoms with Gasteiger partial charge in [-0.05, 0) is 26.0 Å². The second kappa shape index (κ2) is 3.81. The number of nitrogens with one attached hydrogen (secondary N) is 1. The first-order valence-corrected chi connectivity index (χ1v) is 4.94. The van der Waals surface area contributed by atoms with Gasteiger partial charge in [-0.3, -0.25) is 4.99 Å². The quantitative estimate of drug-likeness (QED) is 0.792. The molecule has 2 rings (SSSR count). The Morgan fingerprint density at radius 3 is 2.67 bits per heavy atom. The lowest BCUT2D eigenvalue weighted by molar-refractivity contribution is 1.18. The Morgan fingerprint density at radius 1 is 1.27 bits per heavy atom. The van der Waals surface area contributed by atoms with Crippen molar-refractivity contribution in [2.45, 2.75) is 13.8 Å². The van der Waals surface area contributed by atoms with Crippen LogP contribution in [0.4, 0.5) is 5.82 Å². The highest BCUT2D eigenvalue weighted by Gasteiger charge is 2.10. The molecule has 0 aromatic carbocycles. The molecule has 0 saturated carbocycles. The third-order valence-corrected chi connectivity index (χ3v) is 2.22. The predicted octanol–water partition coefficient (Wildman–Crippen LogP) is 1.65. The van der Waals surface area contributed by atoms with Crippen LogP contribution in [0.15, 0.2) is 22.1 Å². The van der Waals surface area contributed by atoms with Crippen molar-refractivity contribution in [3.63, 3.8) is 0 Å². The highest BCUT2D eigenvalue weighted by Crippen LogP contribution is 2.13. The van der Waals surface area contributed by atoms with Gasteiger partial charge in [0.15, 0.2) is 5.84 Å². The Kier molecular flexibility index (Phi) is 2.49. The number of nitrogens with zero attached hydrogens (tertiary/aromatic N) is 3. The van der Waals surface area contributed by atoms with Crippen LogP contribution in [0.1, 0.15) is 18.2 Å². The molecule has 1 aliphatic heterocycles. The molecular formula is C11H14N4. The number of anilines is 1. The van der Waals surface area contributed by atoms with Gasteiger partial charge in [0.25, 0.3) is 0 Å². The number of amidine groups is 1. The van der Waals surface area contributed by atoms with E-state index in [1.54, 1.807) is 0 Å². The van der Waals surface area contributed by atoms with Gasteiger partial charge in [0.1, 0.15) is 5.82 Å². The Balaban J connectivity index is 2.40. The minimum Gasteiger partial charge on any atom is -0.373 e. The van der Waals surface area contributed by atoms with Crippen molar-refractivity contribution in [3.8, 4) is 0 Å². The van der Waals surface area contributed by atoms with E-state index in [4.69, 9.17) is 0 Å². The van der Waals surface area contributed by atoms with Crippen molar-refractivity contribution in [2.75, 3.05) is 18.9 Å². The van der Waals surface area contributed by atoms with Crippen molar-refractivity contribution < 1.29 is 0 Å². The largest absolute Gasteiger partial charge is 0.373 e. The van der Waals surface area contributed by atoms with E-state index in [1.165, 1.54) is 0 Å². The summed E-state index contributed by atoms with van der Waals surface area (Å²) in [7, 11) is 1.86. The maximum absolute atomic E-state index is 4.39. The molecule has 1 aromatic heterocycles. The van der Waals surface area contributed by atoms with Crippen LogP contribution in [0.2, 0.25) is 0 Å². The van der Waals surface area contributed by atoms with E-state index in [1.807, 2.05) is 33.0 Å². The molecule has 0 bridgehead atoms. The smallest absolute Gasteiger partial charge is 0.155 e. The molecule has 1 aliphatic rings. The number of hydrogen-bond acceptors (Lipinski definition) is 4. The number of pyridine rings is 1. The molecule has 0 fully saturated rings. The minimum atomic E-state index is 0.714. The van der Waals surface area contributed by atoms with Crippen molar-refractivity contribution in [1.82, 2.24) is 4.98 Å². The summed E-state index contributed by atoms with van der Waals surface area (Å²) in [6.45, 7) is 4.67. The Morgan fingerprint density at radius 2 is 2.07 bits per heavy atom. The average Bonchev–Trinajstić information content (AvgIpc) is 2.64. The third kappa shape index (κ3) is 2.03. The van der Waals surface area contributed by atoms with Crippen LogP contribution in [0.25, 0.3) is 0 Å². The second-order valence-electron chi connectivity index (χ2n) is 3.62. The van der Waals surface area contributed by atoms with Crippen LogP contribution in [-0.4, -0.2) is 30.1 Å². The lowest BCUT2D eigenvalue weighted by Gasteiger charge is -2.04. The van der Waals surface area contributed by atoms with Gasteiger partial charge in [0.05, 0.1) is 6.54 Å². The van der Waals surface area contributed by atoms with Crippen LogP contribution < -0.4 is 5.32 Å². The fourth-order valence-corrected chi connectivity index (χ4v) is 1.52. The van der Waals surface area contributed by atoms with E-state index in [0.717, 1.165) is 28.6 Å². The Bertz CT molecular complexity index is 446. The molecule has 1 aromatic rings. The molecule has 1 N–H and O–H groups in total. The van der Waals surface area contributed by atoms with Crippen LogP contribution in [0.5, 0.6) is 0 Å². The van der Waals surface area contributed by atoms with Crippen LogP contribution in [-0.2, 0) is 0 Å². The monoisotopic (exact) mass is 202 g/mol. The van der Waals surface area contributed by atoms with Crippen LogP contribution in [0.3, 0.4) is 0 Å². The number of rotatable bonds is 2. The highest BCUT2D eigenvalue weighted by atomic mass is 15.0. The Labute approximate surface area is 89.2 Å². The topological polar surface area (TPSA) is 49.6 Å². The number of aromatic nitrogens is 1. The fraction of sp³-hybridized carbons (Fsp3) is 0.364. The molecule has 4 heteroatoms. The van der Waals surface area contributed by atoms with Crippen molar-refractivity contribution in [3.05, 3.63) is 23.4 Å². The van der Waals surface area contributed by atoms with E-state index in [9.17, 15) is 0 Å². The SMILES string of the molecule is CNc1cc(C2=NCC(C)=N2)cc(C)n1. The summed E-state index contributed by atoms with van der Waals surface area (Å²) >= 11 is 0.